The van der Waals surface area contributed by atoms with E-state index < -0.39 is 0 Å². The molecular weight excluding hydrogens is 220 g/mol. The zero-order valence-corrected chi connectivity index (χ0v) is 11.7. The van der Waals surface area contributed by atoms with Crippen LogP contribution in [0.1, 0.15) is 43.7 Å². The first-order chi connectivity index (χ1) is 8.83. The van der Waals surface area contributed by atoms with Crippen LogP contribution >= 0.6 is 0 Å². The number of likely N-dealkylation sites (N-methyl/N-ethyl adjacent to an activating group) is 2. The Balaban J connectivity index is 2.08. The van der Waals surface area contributed by atoms with Crippen LogP contribution in [-0.4, -0.2) is 31.6 Å². The molecule has 0 aromatic heterocycles. The van der Waals surface area contributed by atoms with Crippen LogP contribution in [-0.2, 0) is 0 Å². The highest BCUT2D eigenvalue weighted by Gasteiger charge is 2.24. The van der Waals surface area contributed by atoms with E-state index >= 15 is 0 Å². The van der Waals surface area contributed by atoms with Crippen LogP contribution in [0, 0.1) is 0 Å². The lowest BCUT2D eigenvalue weighted by Gasteiger charge is -2.37. The Morgan fingerprint density at radius 1 is 1.17 bits per heavy atom. The van der Waals surface area contributed by atoms with Gasteiger partial charge in [-0.05, 0) is 32.5 Å². The number of nitrogens with one attached hydrogen (secondary N) is 1. The van der Waals surface area contributed by atoms with E-state index in [-0.39, 0.29) is 0 Å². The summed E-state index contributed by atoms with van der Waals surface area (Å²) in [4.78, 5) is 2.59. The Bertz CT molecular complexity index is 330. The maximum absolute atomic E-state index is 3.34. The molecule has 1 saturated carbocycles. The summed E-state index contributed by atoms with van der Waals surface area (Å²) in [5.74, 6) is 0. The van der Waals surface area contributed by atoms with Gasteiger partial charge in [0.05, 0.1) is 0 Å². The second-order valence-electron chi connectivity index (χ2n) is 5.44. The predicted octanol–water partition coefficient (Wildman–Crippen LogP) is 3.21. The van der Waals surface area contributed by atoms with Crippen LogP contribution in [0.4, 0.5) is 0 Å². The van der Waals surface area contributed by atoms with E-state index in [1.54, 1.807) is 0 Å². The minimum atomic E-state index is 0.499. The molecule has 100 valence electrons. The third-order valence-electron chi connectivity index (χ3n) is 4.22. The summed E-state index contributed by atoms with van der Waals surface area (Å²) in [6, 6.07) is 12.2. The highest BCUT2D eigenvalue weighted by Crippen LogP contribution is 2.28. The molecule has 0 saturated heterocycles. The molecule has 2 heteroatoms. The number of rotatable bonds is 5. The van der Waals surface area contributed by atoms with Crippen LogP contribution in [0.2, 0.25) is 0 Å². The van der Waals surface area contributed by atoms with E-state index in [2.05, 4.69) is 47.6 Å². The number of hydrogen-bond acceptors (Lipinski definition) is 2. The highest BCUT2D eigenvalue weighted by molar-refractivity contribution is 5.19. The topological polar surface area (TPSA) is 15.3 Å². The number of hydrogen-bond donors (Lipinski definition) is 1. The van der Waals surface area contributed by atoms with Crippen molar-refractivity contribution >= 4 is 0 Å². The average Bonchev–Trinajstić information content (AvgIpc) is 2.46. The van der Waals surface area contributed by atoms with Crippen molar-refractivity contribution in [2.45, 2.75) is 44.2 Å². The Morgan fingerprint density at radius 2 is 1.83 bits per heavy atom. The molecule has 0 heterocycles. The molecule has 2 rings (SSSR count). The molecule has 0 bridgehead atoms. The van der Waals surface area contributed by atoms with Crippen LogP contribution in [0.3, 0.4) is 0 Å². The third kappa shape index (κ3) is 3.33. The molecule has 1 fully saturated rings. The van der Waals surface area contributed by atoms with Gasteiger partial charge in [0.2, 0.25) is 0 Å². The first-order valence-electron chi connectivity index (χ1n) is 7.24. The zero-order valence-electron chi connectivity index (χ0n) is 11.7. The van der Waals surface area contributed by atoms with Crippen LogP contribution in [0.25, 0.3) is 0 Å². The molecule has 2 nitrogen and oxygen atoms in total. The van der Waals surface area contributed by atoms with Gasteiger partial charge in [-0.2, -0.15) is 0 Å². The molecule has 1 aromatic rings. The van der Waals surface area contributed by atoms with Crippen molar-refractivity contribution in [3.05, 3.63) is 35.9 Å². The van der Waals surface area contributed by atoms with E-state index in [9.17, 15) is 0 Å². The van der Waals surface area contributed by atoms with Gasteiger partial charge < -0.3 is 5.32 Å². The monoisotopic (exact) mass is 246 g/mol. The van der Waals surface area contributed by atoms with E-state index in [0.29, 0.717) is 6.04 Å². The maximum Gasteiger partial charge on any atom is 0.0472 e. The summed E-state index contributed by atoms with van der Waals surface area (Å²) >= 11 is 0. The summed E-state index contributed by atoms with van der Waals surface area (Å²) in [6.07, 6.45) is 6.95. The smallest absolute Gasteiger partial charge is 0.0472 e. The molecule has 0 aliphatic heterocycles. The van der Waals surface area contributed by atoms with Crippen molar-refractivity contribution in [1.82, 2.24) is 10.2 Å². The molecule has 1 aliphatic rings. The lowest BCUT2D eigenvalue weighted by atomic mass is 9.92. The number of nitrogens with zero attached hydrogens (tertiary/aromatic N) is 1. The van der Waals surface area contributed by atoms with Gasteiger partial charge in [0.1, 0.15) is 0 Å². The first kappa shape index (κ1) is 13.6. The molecule has 1 atom stereocenters. The van der Waals surface area contributed by atoms with Crippen molar-refractivity contribution in [1.29, 1.82) is 0 Å². The molecule has 18 heavy (non-hydrogen) atoms. The Kier molecular flexibility index (Phi) is 5.21. The van der Waals surface area contributed by atoms with Gasteiger partial charge in [0.25, 0.3) is 0 Å². The van der Waals surface area contributed by atoms with Crippen molar-refractivity contribution in [2.24, 2.45) is 0 Å². The minimum absolute atomic E-state index is 0.499. The van der Waals surface area contributed by atoms with Crippen molar-refractivity contribution < 1.29 is 0 Å². The minimum Gasteiger partial charge on any atom is -0.318 e. The fraction of sp³-hybridized carbons (Fsp3) is 0.625. The SMILES string of the molecule is CNCC(c1ccccc1)N(C)C1CCCCC1. The Hall–Kier alpha value is -0.860. The van der Waals surface area contributed by atoms with Crippen LogP contribution in [0.15, 0.2) is 30.3 Å². The normalized spacial score (nSPS) is 19.1. The molecular formula is C16H26N2. The maximum atomic E-state index is 3.34. The van der Waals surface area contributed by atoms with E-state index in [0.717, 1.165) is 12.6 Å². The lowest BCUT2D eigenvalue weighted by Crippen LogP contribution is -2.40. The van der Waals surface area contributed by atoms with Gasteiger partial charge in [-0.1, -0.05) is 49.6 Å². The van der Waals surface area contributed by atoms with Gasteiger partial charge in [-0.15, -0.1) is 0 Å². The van der Waals surface area contributed by atoms with Crippen LogP contribution in [0.5, 0.6) is 0 Å². The second kappa shape index (κ2) is 6.91. The molecule has 1 aliphatic carbocycles. The quantitative estimate of drug-likeness (QED) is 0.858. The summed E-state index contributed by atoms with van der Waals surface area (Å²) in [7, 11) is 4.34. The Labute approximate surface area is 111 Å². The standard InChI is InChI=1S/C16H26N2/c1-17-13-16(14-9-5-3-6-10-14)18(2)15-11-7-4-8-12-15/h3,5-6,9-10,15-17H,4,7-8,11-13H2,1-2H3. The second-order valence-corrected chi connectivity index (χ2v) is 5.44. The fourth-order valence-corrected chi connectivity index (χ4v) is 3.11. The van der Waals surface area contributed by atoms with Gasteiger partial charge in [-0.25, -0.2) is 0 Å². The van der Waals surface area contributed by atoms with Gasteiger partial charge >= 0.3 is 0 Å². The summed E-state index contributed by atoms with van der Waals surface area (Å²) in [6.45, 7) is 1.02. The van der Waals surface area contributed by atoms with E-state index in [4.69, 9.17) is 0 Å². The zero-order chi connectivity index (χ0) is 12.8. The summed E-state index contributed by atoms with van der Waals surface area (Å²) < 4.78 is 0. The summed E-state index contributed by atoms with van der Waals surface area (Å²) in [5, 5.41) is 3.34. The van der Waals surface area contributed by atoms with Crippen LogP contribution < -0.4 is 5.32 Å². The fourth-order valence-electron chi connectivity index (χ4n) is 3.11. The van der Waals surface area contributed by atoms with E-state index in [1.165, 1.54) is 37.7 Å². The lowest BCUT2D eigenvalue weighted by molar-refractivity contribution is 0.136. The average molecular weight is 246 g/mol. The highest BCUT2D eigenvalue weighted by atomic mass is 15.2. The van der Waals surface area contributed by atoms with Crippen molar-refractivity contribution in [3.8, 4) is 0 Å². The van der Waals surface area contributed by atoms with Gasteiger partial charge in [0.15, 0.2) is 0 Å². The molecule has 1 unspecified atom stereocenters. The van der Waals surface area contributed by atoms with Gasteiger partial charge in [0, 0.05) is 18.6 Å². The van der Waals surface area contributed by atoms with E-state index in [1.807, 2.05) is 7.05 Å². The van der Waals surface area contributed by atoms with Crippen molar-refractivity contribution in [3.63, 3.8) is 0 Å². The van der Waals surface area contributed by atoms with Crippen molar-refractivity contribution in [2.75, 3.05) is 20.6 Å². The first-order valence-corrected chi connectivity index (χ1v) is 7.24. The molecule has 0 radical (unpaired) electrons. The summed E-state index contributed by atoms with van der Waals surface area (Å²) in [5.41, 5.74) is 1.43. The largest absolute Gasteiger partial charge is 0.318 e. The number of benzene rings is 1. The van der Waals surface area contributed by atoms with Gasteiger partial charge in [-0.3, -0.25) is 4.90 Å². The molecule has 1 N–H and O–H groups in total. The predicted molar refractivity (Wildman–Crippen MR) is 77.7 cm³/mol. The third-order valence-corrected chi connectivity index (χ3v) is 4.22. The molecule has 1 aromatic carbocycles. The Morgan fingerprint density at radius 3 is 2.44 bits per heavy atom. The molecule has 0 spiro atoms. The molecule has 0 amide bonds.